The van der Waals surface area contributed by atoms with Crippen molar-refractivity contribution in [1.82, 2.24) is 0 Å². The maximum atomic E-state index is 12.5. The van der Waals surface area contributed by atoms with E-state index < -0.39 is 22.7 Å². The van der Waals surface area contributed by atoms with Crippen LogP contribution in [-0.2, 0) is 9.53 Å². The second-order valence-corrected chi connectivity index (χ2v) is 11.5. The van der Waals surface area contributed by atoms with Crippen LogP contribution >= 0.6 is 0 Å². The van der Waals surface area contributed by atoms with Gasteiger partial charge in [-0.15, -0.1) is 0 Å². The molecule has 1 aromatic rings. The van der Waals surface area contributed by atoms with Gasteiger partial charge in [0.05, 0.1) is 18.0 Å². The van der Waals surface area contributed by atoms with Gasteiger partial charge in [0, 0.05) is 30.7 Å². The zero-order chi connectivity index (χ0) is 22.9. The van der Waals surface area contributed by atoms with Gasteiger partial charge >= 0.3 is 11.6 Å². The first-order valence-electron chi connectivity index (χ1n) is 12.2. The second-order valence-electron chi connectivity index (χ2n) is 11.5. The minimum atomic E-state index is -0.957. The number of aliphatic hydroxyl groups is 2. The molecule has 0 radical (unpaired) electrons. The molecule has 4 saturated carbocycles. The van der Waals surface area contributed by atoms with Crippen molar-refractivity contribution in [2.24, 2.45) is 28.6 Å². The van der Waals surface area contributed by atoms with Gasteiger partial charge in [0.2, 0.25) is 0 Å². The van der Waals surface area contributed by atoms with Crippen LogP contribution in [0, 0.1) is 28.6 Å². The number of carbonyl (C=O) groups is 1. The molecule has 1 heterocycles. The molecule has 6 unspecified atom stereocenters. The Balaban J connectivity index is 1.55. The number of hydrogen-bond acceptors (Lipinski definition) is 6. The molecular formula is C26H36O6. The second kappa shape index (κ2) is 7.42. The fourth-order valence-corrected chi connectivity index (χ4v) is 8.67. The van der Waals surface area contributed by atoms with Gasteiger partial charge in [-0.1, -0.05) is 13.8 Å². The van der Waals surface area contributed by atoms with Crippen molar-refractivity contribution in [2.45, 2.75) is 95.9 Å². The number of aliphatic hydroxyl groups excluding tert-OH is 1. The Morgan fingerprint density at radius 2 is 1.91 bits per heavy atom. The highest BCUT2D eigenvalue weighted by atomic mass is 16.5. The first-order chi connectivity index (χ1) is 15.1. The van der Waals surface area contributed by atoms with Crippen molar-refractivity contribution in [3.8, 4) is 0 Å². The fraction of sp³-hybridized carbons (Fsp3) is 0.769. The minimum absolute atomic E-state index is 0.133. The lowest BCUT2D eigenvalue weighted by molar-refractivity contribution is -0.205. The third kappa shape index (κ3) is 3.05. The first-order valence-corrected chi connectivity index (χ1v) is 12.2. The van der Waals surface area contributed by atoms with Crippen LogP contribution in [0.3, 0.4) is 0 Å². The van der Waals surface area contributed by atoms with E-state index in [-0.39, 0.29) is 29.3 Å². The number of fused-ring (bicyclic) bond motifs is 5. The molecule has 4 aliphatic rings. The summed E-state index contributed by atoms with van der Waals surface area (Å²) < 4.78 is 11.0. The van der Waals surface area contributed by atoms with Crippen LogP contribution in [0.2, 0.25) is 0 Å². The van der Waals surface area contributed by atoms with E-state index in [1.807, 2.05) is 0 Å². The number of ether oxygens (including phenoxy) is 1. The third-order valence-corrected chi connectivity index (χ3v) is 10.2. The quantitative estimate of drug-likeness (QED) is 0.674. The van der Waals surface area contributed by atoms with Crippen molar-refractivity contribution in [2.75, 3.05) is 0 Å². The van der Waals surface area contributed by atoms with E-state index in [1.54, 1.807) is 6.07 Å². The zero-order valence-corrected chi connectivity index (χ0v) is 19.4. The van der Waals surface area contributed by atoms with Crippen molar-refractivity contribution < 1.29 is 24.2 Å². The lowest BCUT2D eigenvalue weighted by atomic mass is 9.43. The molecule has 9 atom stereocenters. The zero-order valence-electron chi connectivity index (χ0n) is 19.4. The van der Waals surface area contributed by atoms with Gasteiger partial charge in [-0.2, -0.15) is 0 Å². The first kappa shape index (κ1) is 22.1. The molecule has 2 N–H and O–H groups in total. The molecule has 6 heteroatoms. The van der Waals surface area contributed by atoms with Crippen LogP contribution in [0.15, 0.2) is 27.6 Å². The van der Waals surface area contributed by atoms with Gasteiger partial charge in [-0.05, 0) is 79.7 Å². The van der Waals surface area contributed by atoms with Gasteiger partial charge in [0.1, 0.15) is 6.10 Å². The van der Waals surface area contributed by atoms with E-state index in [0.717, 1.165) is 50.5 Å². The highest BCUT2D eigenvalue weighted by Gasteiger charge is 2.70. The Kier molecular flexibility index (Phi) is 5.14. The summed E-state index contributed by atoms with van der Waals surface area (Å²) in [4.78, 5) is 23.6. The minimum Gasteiger partial charge on any atom is -0.462 e. The number of rotatable bonds is 2. The van der Waals surface area contributed by atoms with E-state index in [2.05, 4.69) is 13.8 Å². The Hall–Kier alpha value is -1.66. The topological polar surface area (TPSA) is 97.0 Å². The van der Waals surface area contributed by atoms with Crippen molar-refractivity contribution in [1.29, 1.82) is 0 Å². The highest BCUT2D eigenvalue weighted by molar-refractivity contribution is 5.66. The Labute approximate surface area is 189 Å². The summed E-state index contributed by atoms with van der Waals surface area (Å²) in [5, 5.41) is 22.7. The van der Waals surface area contributed by atoms with Crippen LogP contribution in [-0.4, -0.2) is 34.0 Å². The average Bonchev–Trinajstić information content (AvgIpc) is 2.95. The van der Waals surface area contributed by atoms with Crippen LogP contribution in [0.25, 0.3) is 0 Å². The molecule has 0 aliphatic heterocycles. The molecule has 4 aliphatic carbocycles. The predicted molar refractivity (Wildman–Crippen MR) is 118 cm³/mol. The van der Waals surface area contributed by atoms with Crippen molar-refractivity contribution in [3.63, 3.8) is 0 Å². The molecule has 5 rings (SSSR count). The molecular weight excluding hydrogens is 408 g/mol. The van der Waals surface area contributed by atoms with Crippen LogP contribution in [0.1, 0.15) is 83.6 Å². The summed E-state index contributed by atoms with van der Waals surface area (Å²) in [5.74, 6) is 0.469. The van der Waals surface area contributed by atoms with E-state index >= 15 is 0 Å². The van der Waals surface area contributed by atoms with Crippen LogP contribution < -0.4 is 5.63 Å². The molecule has 0 amide bonds. The highest BCUT2D eigenvalue weighted by Crippen LogP contribution is 2.70. The van der Waals surface area contributed by atoms with Gasteiger partial charge < -0.3 is 19.4 Å². The lowest BCUT2D eigenvalue weighted by Gasteiger charge is -2.63. The number of carbonyl (C=O) groups excluding carboxylic acids is 1. The molecule has 176 valence electrons. The summed E-state index contributed by atoms with van der Waals surface area (Å²) in [5.41, 5.74) is -0.903. The van der Waals surface area contributed by atoms with Gasteiger partial charge in [0.25, 0.3) is 0 Å². The Morgan fingerprint density at radius 1 is 1.12 bits per heavy atom. The summed E-state index contributed by atoms with van der Waals surface area (Å²) in [6.45, 7) is 5.94. The lowest BCUT2D eigenvalue weighted by Crippen LogP contribution is -2.62. The molecule has 4 fully saturated rings. The smallest absolute Gasteiger partial charge is 0.335 e. The summed E-state index contributed by atoms with van der Waals surface area (Å²) >= 11 is 0. The Morgan fingerprint density at radius 3 is 2.59 bits per heavy atom. The predicted octanol–water partition coefficient (Wildman–Crippen LogP) is 3.78. The molecule has 6 nitrogen and oxygen atoms in total. The van der Waals surface area contributed by atoms with E-state index in [9.17, 15) is 19.8 Å². The van der Waals surface area contributed by atoms with Crippen molar-refractivity contribution in [3.05, 3.63) is 34.4 Å². The number of esters is 1. The SMILES string of the molecule is CC(=O)OC1C[C@]2(O)C3CCC4CC(O)CC[C@]4(C)C3CC[C@]2(C)C1c1ccc(=O)oc1. The Bertz CT molecular complexity index is 935. The molecule has 32 heavy (non-hydrogen) atoms. The van der Waals surface area contributed by atoms with Crippen LogP contribution in [0.5, 0.6) is 0 Å². The van der Waals surface area contributed by atoms with E-state index in [0.29, 0.717) is 18.3 Å². The normalized spacial score (nSPS) is 47.8. The van der Waals surface area contributed by atoms with Gasteiger partial charge in [-0.25, -0.2) is 4.79 Å². The molecule has 0 bridgehead atoms. The maximum absolute atomic E-state index is 12.5. The fourth-order valence-electron chi connectivity index (χ4n) is 8.67. The van der Waals surface area contributed by atoms with Crippen molar-refractivity contribution >= 4 is 5.97 Å². The monoisotopic (exact) mass is 444 g/mol. The summed E-state index contributed by atoms with van der Waals surface area (Å²) in [6, 6.07) is 3.17. The van der Waals surface area contributed by atoms with Gasteiger partial charge in [0.15, 0.2) is 0 Å². The standard InChI is InChI=1S/C26H36O6/c1-15(27)32-21-13-26(30)20-6-5-17-12-18(28)8-10-24(17,2)19(20)9-11-25(26,3)23(21)16-4-7-22(29)31-14-16/h4,7,14,17-21,23,28,30H,5-6,8-13H2,1-3H3/t17?,18?,19?,20?,21?,23?,24-,25+,26-/m0/s1. The molecule has 0 saturated heterocycles. The largest absolute Gasteiger partial charge is 0.462 e. The average molecular weight is 445 g/mol. The third-order valence-electron chi connectivity index (χ3n) is 10.2. The summed E-state index contributed by atoms with van der Waals surface area (Å²) in [6.07, 6.45) is 7.78. The number of hydrogen-bond donors (Lipinski definition) is 2. The van der Waals surface area contributed by atoms with E-state index in [4.69, 9.17) is 9.15 Å². The molecule has 1 aromatic heterocycles. The van der Waals surface area contributed by atoms with E-state index in [1.165, 1.54) is 19.3 Å². The molecule has 0 spiro atoms. The van der Waals surface area contributed by atoms with Crippen LogP contribution in [0.4, 0.5) is 0 Å². The maximum Gasteiger partial charge on any atom is 0.335 e. The summed E-state index contributed by atoms with van der Waals surface area (Å²) in [7, 11) is 0. The van der Waals surface area contributed by atoms with Gasteiger partial charge in [-0.3, -0.25) is 4.79 Å². The molecule has 0 aromatic carbocycles.